The Bertz CT molecular complexity index is 348. The highest BCUT2D eigenvalue weighted by atomic mass is 16.1. The molecule has 0 saturated carbocycles. The number of anilines is 2. The van der Waals surface area contributed by atoms with Crippen molar-refractivity contribution in [3.63, 3.8) is 0 Å². The van der Waals surface area contributed by atoms with Gasteiger partial charge >= 0.3 is 0 Å². The van der Waals surface area contributed by atoms with E-state index < -0.39 is 0 Å². The minimum atomic E-state index is 0.0951. The molecule has 3 heteroatoms. The number of carbonyl (C=O) groups is 1. The number of nitrogens with zero attached hydrogens (tertiary/aromatic N) is 1. The van der Waals surface area contributed by atoms with Crippen molar-refractivity contribution in [2.24, 2.45) is 0 Å². The number of benzene rings is 1. The molecule has 16 heavy (non-hydrogen) atoms. The zero-order chi connectivity index (χ0) is 12.0. The Morgan fingerprint density at radius 3 is 2.75 bits per heavy atom. The number of hydrogen-bond acceptors (Lipinski definition) is 2. The van der Waals surface area contributed by atoms with Crippen LogP contribution in [0.5, 0.6) is 0 Å². The van der Waals surface area contributed by atoms with E-state index in [1.54, 1.807) is 0 Å². The summed E-state index contributed by atoms with van der Waals surface area (Å²) in [5, 5.41) is 2.91. The third-order valence-electron chi connectivity index (χ3n) is 2.40. The molecular formula is C13H20N2O. The second kappa shape index (κ2) is 6.16. The van der Waals surface area contributed by atoms with E-state index in [0.717, 1.165) is 24.2 Å². The molecule has 0 aliphatic heterocycles. The van der Waals surface area contributed by atoms with Crippen molar-refractivity contribution >= 4 is 17.3 Å². The fraction of sp³-hybridized carbons (Fsp3) is 0.462. The summed E-state index contributed by atoms with van der Waals surface area (Å²) in [4.78, 5) is 13.5. The predicted octanol–water partition coefficient (Wildman–Crippen LogP) is 2.88. The minimum absolute atomic E-state index is 0.0951. The van der Waals surface area contributed by atoms with Gasteiger partial charge in [0.15, 0.2) is 0 Å². The molecule has 88 valence electrons. The van der Waals surface area contributed by atoms with Gasteiger partial charge in [-0.2, -0.15) is 0 Å². The minimum Gasteiger partial charge on any atom is -0.378 e. The average molecular weight is 220 g/mol. The Labute approximate surface area is 97.5 Å². The highest BCUT2D eigenvalue weighted by molar-refractivity contribution is 5.91. The maximum atomic E-state index is 11.5. The second-order valence-electron chi connectivity index (χ2n) is 4.10. The SMILES string of the molecule is CCCCC(=O)Nc1cccc(N(C)C)c1. The Balaban J connectivity index is 2.59. The largest absolute Gasteiger partial charge is 0.378 e. The molecule has 0 fully saturated rings. The Morgan fingerprint density at radius 1 is 1.38 bits per heavy atom. The van der Waals surface area contributed by atoms with E-state index >= 15 is 0 Å². The van der Waals surface area contributed by atoms with Gasteiger partial charge in [0.25, 0.3) is 0 Å². The third kappa shape index (κ3) is 3.93. The van der Waals surface area contributed by atoms with Crippen LogP contribution >= 0.6 is 0 Å². The molecule has 0 bridgehead atoms. The molecule has 1 aromatic rings. The van der Waals surface area contributed by atoms with Gasteiger partial charge in [-0.25, -0.2) is 0 Å². The second-order valence-corrected chi connectivity index (χ2v) is 4.10. The lowest BCUT2D eigenvalue weighted by molar-refractivity contribution is -0.116. The summed E-state index contributed by atoms with van der Waals surface area (Å²) in [5.41, 5.74) is 1.96. The van der Waals surface area contributed by atoms with Crippen molar-refractivity contribution in [3.8, 4) is 0 Å². The summed E-state index contributed by atoms with van der Waals surface area (Å²) in [6.45, 7) is 2.08. The molecule has 0 aromatic heterocycles. The molecule has 1 aromatic carbocycles. The fourth-order valence-corrected chi connectivity index (χ4v) is 1.42. The van der Waals surface area contributed by atoms with Gasteiger partial charge in [0, 0.05) is 31.9 Å². The summed E-state index contributed by atoms with van der Waals surface area (Å²) >= 11 is 0. The summed E-state index contributed by atoms with van der Waals surface area (Å²) in [7, 11) is 3.97. The van der Waals surface area contributed by atoms with Crippen LogP contribution in [0.2, 0.25) is 0 Å². The van der Waals surface area contributed by atoms with Gasteiger partial charge in [-0.3, -0.25) is 4.79 Å². The first-order chi connectivity index (χ1) is 7.63. The lowest BCUT2D eigenvalue weighted by atomic mass is 10.2. The van der Waals surface area contributed by atoms with E-state index in [-0.39, 0.29) is 5.91 Å². The van der Waals surface area contributed by atoms with Gasteiger partial charge in [0.05, 0.1) is 0 Å². The lowest BCUT2D eigenvalue weighted by Gasteiger charge is -2.13. The zero-order valence-corrected chi connectivity index (χ0v) is 10.3. The smallest absolute Gasteiger partial charge is 0.224 e. The van der Waals surface area contributed by atoms with Crippen molar-refractivity contribution < 1.29 is 4.79 Å². The van der Waals surface area contributed by atoms with Crippen LogP contribution in [-0.2, 0) is 4.79 Å². The molecule has 0 saturated heterocycles. The number of rotatable bonds is 5. The third-order valence-corrected chi connectivity index (χ3v) is 2.40. The number of unbranched alkanes of at least 4 members (excludes halogenated alkanes) is 1. The van der Waals surface area contributed by atoms with Crippen molar-refractivity contribution in [2.75, 3.05) is 24.3 Å². The van der Waals surface area contributed by atoms with E-state index in [0.29, 0.717) is 6.42 Å². The maximum absolute atomic E-state index is 11.5. The average Bonchev–Trinajstić information content (AvgIpc) is 2.26. The Hall–Kier alpha value is -1.51. The van der Waals surface area contributed by atoms with Crippen LogP contribution in [0.1, 0.15) is 26.2 Å². The first kappa shape index (κ1) is 12.6. The Kier molecular flexibility index (Phi) is 4.83. The van der Waals surface area contributed by atoms with E-state index in [9.17, 15) is 4.79 Å². The van der Waals surface area contributed by atoms with E-state index in [1.165, 1.54) is 0 Å². The highest BCUT2D eigenvalue weighted by Crippen LogP contribution is 2.17. The van der Waals surface area contributed by atoms with E-state index in [4.69, 9.17) is 0 Å². The maximum Gasteiger partial charge on any atom is 0.224 e. The van der Waals surface area contributed by atoms with Gasteiger partial charge in [-0.15, -0.1) is 0 Å². The molecular weight excluding hydrogens is 200 g/mol. The zero-order valence-electron chi connectivity index (χ0n) is 10.3. The van der Waals surface area contributed by atoms with Crippen LogP contribution in [0.3, 0.4) is 0 Å². The van der Waals surface area contributed by atoms with Gasteiger partial charge in [-0.05, 0) is 24.6 Å². The molecule has 1 N–H and O–H groups in total. The first-order valence-corrected chi connectivity index (χ1v) is 5.70. The molecule has 0 radical (unpaired) electrons. The summed E-state index contributed by atoms with van der Waals surface area (Å²) < 4.78 is 0. The molecule has 3 nitrogen and oxygen atoms in total. The van der Waals surface area contributed by atoms with Crippen LogP contribution < -0.4 is 10.2 Å². The monoisotopic (exact) mass is 220 g/mol. The van der Waals surface area contributed by atoms with Crippen LogP contribution in [0, 0.1) is 0 Å². The molecule has 0 heterocycles. The van der Waals surface area contributed by atoms with E-state index in [1.807, 2.05) is 43.3 Å². The Morgan fingerprint density at radius 2 is 2.12 bits per heavy atom. The molecule has 0 aliphatic carbocycles. The van der Waals surface area contributed by atoms with Crippen LogP contribution in [0.4, 0.5) is 11.4 Å². The van der Waals surface area contributed by atoms with Crippen molar-refractivity contribution in [1.29, 1.82) is 0 Å². The number of carbonyl (C=O) groups excluding carboxylic acids is 1. The summed E-state index contributed by atoms with van der Waals surface area (Å²) in [5.74, 6) is 0.0951. The summed E-state index contributed by atoms with van der Waals surface area (Å²) in [6, 6.07) is 7.85. The van der Waals surface area contributed by atoms with Gasteiger partial charge in [-0.1, -0.05) is 19.4 Å². The van der Waals surface area contributed by atoms with Crippen LogP contribution in [0.15, 0.2) is 24.3 Å². The van der Waals surface area contributed by atoms with Crippen LogP contribution in [-0.4, -0.2) is 20.0 Å². The van der Waals surface area contributed by atoms with Gasteiger partial charge in [0.1, 0.15) is 0 Å². The van der Waals surface area contributed by atoms with Crippen LogP contribution in [0.25, 0.3) is 0 Å². The molecule has 0 unspecified atom stereocenters. The van der Waals surface area contributed by atoms with Crippen molar-refractivity contribution in [1.82, 2.24) is 0 Å². The predicted molar refractivity (Wildman–Crippen MR) is 68.9 cm³/mol. The topological polar surface area (TPSA) is 32.3 Å². The quantitative estimate of drug-likeness (QED) is 0.827. The number of amides is 1. The van der Waals surface area contributed by atoms with Gasteiger partial charge < -0.3 is 10.2 Å². The summed E-state index contributed by atoms with van der Waals surface area (Å²) in [6.07, 6.45) is 2.59. The number of nitrogens with one attached hydrogen (secondary N) is 1. The first-order valence-electron chi connectivity index (χ1n) is 5.70. The molecule has 0 atom stereocenters. The lowest BCUT2D eigenvalue weighted by Crippen LogP contribution is -2.12. The fourth-order valence-electron chi connectivity index (χ4n) is 1.42. The molecule has 1 amide bonds. The molecule has 0 spiro atoms. The van der Waals surface area contributed by atoms with E-state index in [2.05, 4.69) is 12.2 Å². The van der Waals surface area contributed by atoms with Crippen molar-refractivity contribution in [2.45, 2.75) is 26.2 Å². The standard InChI is InChI=1S/C13H20N2O/c1-4-5-9-13(16)14-11-7-6-8-12(10-11)15(2)3/h6-8,10H,4-5,9H2,1-3H3,(H,14,16). The molecule has 0 aliphatic rings. The highest BCUT2D eigenvalue weighted by Gasteiger charge is 2.02. The van der Waals surface area contributed by atoms with Gasteiger partial charge in [0.2, 0.25) is 5.91 Å². The normalized spacial score (nSPS) is 9.94. The molecule has 1 rings (SSSR count). The number of hydrogen-bond donors (Lipinski definition) is 1. The van der Waals surface area contributed by atoms with Crippen molar-refractivity contribution in [3.05, 3.63) is 24.3 Å².